The van der Waals surface area contributed by atoms with Crippen molar-refractivity contribution in [2.24, 2.45) is 0 Å². The fraction of sp³-hybridized carbons (Fsp3) is 0.133. The molecule has 2 aromatic rings. The van der Waals surface area contributed by atoms with E-state index in [1.165, 1.54) is 0 Å². The van der Waals surface area contributed by atoms with E-state index in [9.17, 15) is 4.79 Å². The first-order valence-electron chi connectivity index (χ1n) is 6.06. The van der Waals surface area contributed by atoms with Crippen molar-refractivity contribution in [1.29, 1.82) is 0 Å². The Morgan fingerprint density at radius 1 is 1.15 bits per heavy atom. The van der Waals surface area contributed by atoms with Crippen molar-refractivity contribution < 1.29 is 9.53 Å². The van der Waals surface area contributed by atoms with Crippen LogP contribution in [-0.2, 0) is 0 Å². The minimum absolute atomic E-state index is 0.215. The van der Waals surface area contributed by atoms with Crippen molar-refractivity contribution in [3.05, 3.63) is 53.1 Å². The average molecular weight is 291 g/mol. The zero-order valence-electron chi connectivity index (χ0n) is 11.2. The number of carbonyl (C=O) groups is 1. The van der Waals surface area contributed by atoms with Crippen LogP contribution in [0, 0.1) is 0 Å². The van der Waals surface area contributed by atoms with Gasteiger partial charge in [0.2, 0.25) is 0 Å². The third kappa shape index (κ3) is 3.22. The monoisotopic (exact) mass is 290 g/mol. The highest BCUT2D eigenvalue weighted by Gasteiger charge is 2.10. The molecule has 0 aromatic heterocycles. The molecule has 0 spiro atoms. The smallest absolute Gasteiger partial charge is 0.255 e. The molecule has 0 atom stereocenters. The summed E-state index contributed by atoms with van der Waals surface area (Å²) in [6.07, 6.45) is 0. The molecule has 0 aliphatic heterocycles. The van der Waals surface area contributed by atoms with Gasteiger partial charge in [0.05, 0.1) is 12.8 Å². The lowest BCUT2D eigenvalue weighted by Gasteiger charge is -2.10. The molecule has 0 fully saturated rings. The van der Waals surface area contributed by atoms with E-state index in [-0.39, 0.29) is 5.91 Å². The van der Waals surface area contributed by atoms with Crippen molar-refractivity contribution in [2.45, 2.75) is 0 Å². The van der Waals surface area contributed by atoms with Crippen molar-refractivity contribution in [2.75, 3.05) is 24.8 Å². The maximum absolute atomic E-state index is 12.2. The summed E-state index contributed by atoms with van der Waals surface area (Å²) in [4.78, 5) is 12.2. The molecule has 0 unspecified atom stereocenters. The molecule has 0 heterocycles. The van der Waals surface area contributed by atoms with Crippen LogP contribution in [0.15, 0.2) is 42.5 Å². The molecule has 4 nitrogen and oxygen atoms in total. The van der Waals surface area contributed by atoms with E-state index < -0.39 is 0 Å². The molecule has 1 amide bonds. The Balaban J connectivity index is 2.20. The number of anilines is 2. The number of rotatable bonds is 4. The van der Waals surface area contributed by atoms with Crippen molar-refractivity contribution in [3.8, 4) is 5.75 Å². The summed E-state index contributed by atoms with van der Waals surface area (Å²) >= 11 is 5.93. The molecular weight excluding hydrogens is 276 g/mol. The lowest BCUT2D eigenvalue weighted by Crippen LogP contribution is -2.12. The van der Waals surface area contributed by atoms with Crippen LogP contribution in [0.3, 0.4) is 0 Å². The molecule has 0 bridgehead atoms. The van der Waals surface area contributed by atoms with Crippen LogP contribution in [0.5, 0.6) is 5.75 Å². The molecule has 2 rings (SSSR count). The Morgan fingerprint density at radius 2 is 1.85 bits per heavy atom. The molecule has 5 heteroatoms. The summed E-state index contributed by atoms with van der Waals surface area (Å²) in [7, 11) is 3.37. The van der Waals surface area contributed by atoms with Crippen LogP contribution in [0.25, 0.3) is 0 Å². The highest BCUT2D eigenvalue weighted by Crippen LogP contribution is 2.28. The highest BCUT2D eigenvalue weighted by atomic mass is 35.5. The molecule has 0 saturated heterocycles. The zero-order valence-corrected chi connectivity index (χ0v) is 12.0. The number of hydrogen-bond acceptors (Lipinski definition) is 3. The predicted octanol–water partition coefficient (Wildman–Crippen LogP) is 3.64. The quantitative estimate of drug-likeness (QED) is 0.904. The Kier molecular flexibility index (Phi) is 4.48. The molecular formula is C15H15ClN2O2. The van der Waals surface area contributed by atoms with E-state index in [1.54, 1.807) is 37.4 Å². The number of benzene rings is 2. The molecule has 20 heavy (non-hydrogen) atoms. The number of carbonyl (C=O) groups excluding carboxylic acids is 1. The van der Waals surface area contributed by atoms with Gasteiger partial charge in [0.1, 0.15) is 5.75 Å². The molecule has 104 valence electrons. The van der Waals surface area contributed by atoms with E-state index in [0.29, 0.717) is 22.0 Å². The van der Waals surface area contributed by atoms with Crippen LogP contribution in [0.1, 0.15) is 10.4 Å². The maximum Gasteiger partial charge on any atom is 0.255 e. The summed E-state index contributed by atoms with van der Waals surface area (Å²) in [5.74, 6) is 0.350. The first-order valence-corrected chi connectivity index (χ1v) is 6.44. The predicted molar refractivity (Wildman–Crippen MR) is 81.9 cm³/mol. The summed E-state index contributed by atoms with van der Waals surface area (Å²) in [5, 5.41) is 6.32. The second-order valence-corrected chi connectivity index (χ2v) is 4.56. The van der Waals surface area contributed by atoms with E-state index in [1.807, 2.05) is 19.2 Å². The third-order valence-corrected chi connectivity index (χ3v) is 3.08. The van der Waals surface area contributed by atoms with Crippen molar-refractivity contribution >= 4 is 28.9 Å². The number of nitrogens with one attached hydrogen (secondary N) is 2. The minimum Gasteiger partial charge on any atom is -0.495 e. The minimum atomic E-state index is -0.215. The number of hydrogen-bond donors (Lipinski definition) is 2. The van der Waals surface area contributed by atoms with Crippen LogP contribution < -0.4 is 15.4 Å². The first-order chi connectivity index (χ1) is 9.63. The molecule has 0 aliphatic carbocycles. The normalized spacial score (nSPS) is 9.95. The summed E-state index contributed by atoms with van der Waals surface area (Å²) < 4.78 is 5.19. The van der Waals surface area contributed by atoms with Gasteiger partial charge in [-0.1, -0.05) is 11.6 Å². The van der Waals surface area contributed by atoms with Crippen molar-refractivity contribution in [3.63, 3.8) is 0 Å². The molecule has 0 saturated carbocycles. The lowest BCUT2D eigenvalue weighted by molar-refractivity contribution is 0.102. The van der Waals surface area contributed by atoms with E-state index in [4.69, 9.17) is 16.3 Å². The fourth-order valence-electron chi connectivity index (χ4n) is 1.76. The van der Waals surface area contributed by atoms with Gasteiger partial charge < -0.3 is 15.4 Å². The van der Waals surface area contributed by atoms with Gasteiger partial charge in [-0.3, -0.25) is 4.79 Å². The summed E-state index contributed by atoms with van der Waals surface area (Å²) in [6.45, 7) is 0. The number of halogens is 1. The Bertz CT molecular complexity index is 612. The van der Waals surface area contributed by atoms with Crippen molar-refractivity contribution in [1.82, 2.24) is 0 Å². The molecule has 0 radical (unpaired) electrons. The molecule has 2 aromatic carbocycles. The van der Waals surface area contributed by atoms with Gasteiger partial charge in [-0.15, -0.1) is 0 Å². The second kappa shape index (κ2) is 6.30. The van der Waals surface area contributed by atoms with Gasteiger partial charge in [-0.25, -0.2) is 0 Å². The van der Waals surface area contributed by atoms with Crippen LogP contribution in [0.2, 0.25) is 5.02 Å². The van der Waals surface area contributed by atoms with Gasteiger partial charge in [0, 0.05) is 23.3 Å². The van der Waals surface area contributed by atoms with E-state index in [2.05, 4.69) is 10.6 Å². The zero-order chi connectivity index (χ0) is 14.5. The van der Waals surface area contributed by atoms with Crippen LogP contribution >= 0.6 is 11.6 Å². The van der Waals surface area contributed by atoms with Gasteiger partial charge in [0.15, 0.2) is 0 Å². The summed E-state index contributed by atoms with van der Waals surface area (Å²) in [5.41, 5.74) is 2.05. The molecule has 0 aliphatic rings. The van der Waals surface area contributed by atoms with E-state index >= 15 is 0 Å². The van der Waals surface area contributed by atoms with Gasteiger partial charge >= 0.3 is 0 Å². The number of amides is 1. The average Bonchev–Trinajstić information content (AvgIpc) is 2.47. The number of methoxy groups -OCH3 is 1. The fourth-order valence-corrected chi connectivity index (χ4v) is 1.93. The molecule has 2 N–H and O–H groups in total. The Labute approximate surface area is 122 Å². The highest BCUT2D eigenvalue weighted by molar-refractivity contribution is 6.31. The first kappa shape index (κ1) is 14.2. The van der Waals surface area contributed by atoms with Crippen LogP contribution in [0.4, 0.5) is 11.4 Å². The van der Waals surface area contributed by atoms with Gasteiger partial charge in [-0.05, 0) is 42.5 Å². The Morgan fingerprint density at radius 3 is 2.45 bits per heavy atom. The lowest BCUT2D eigenvalue weighted by atomic mass is 10.2. The topological polar surface area (TPSA) is 50.4 Å². The van der Waals surface area contributed by atoms with Gasteiger partial charge in [0.25, 0.3) is 5.91 Å². The van der Waals surface area contributed by atoms with Crippen LogP contribution in [-0.4, -0.2) is 20.1 Å². The summed E-state index contributed by atoms with van der Waals surface area (Å²) in [6, 6.07) is 12.2. The van der Waals surface area contributed by atoms with E-state index in [0.717, 1.165) is 5.69 Å². The maximum atomic E-state index is 12.2. The third-order valence-electron chi connectivity index (χ3n) is 2.85. The number of ether oxygens (including phenoxy) is 1. The Hall–Kier alpha value is -2.20. The largest absolute Gasteiger partial charge is 0.495 e. The van der Waals surface area contributed by atoms with Gasteiger partial charge in [-0.2, -0.15) is 0 Å². The second-order valence-electron chi connectivity index (χ2n) is 4.13. The standard InChI is InChI=1S/C15H15ClN2O2/c1-17-12-6-3-10(4-7-12)15(19)18-13-9-11(16)5-8-14(13)20-2/h3-9,17H,1-2H3,(H,18,19). The SMILES string of the molecule is CNc1ccc(C(=O)Nc2cc(Cl)ccc2OC)cc1.